The van der Waals surface area contributed by atoms with E-state index >= 15 is 0 Å². The molecule has 0 fully saturated rings. The van der Waals surface area contributed by atoms with Gasteiger partial charge in [0.2, 0.25) is 0 Å². The summed E-state index contributed by atoms with van der Waals surface area (Å²) in [5.74, 6) is 0. The largest absolute Gasteiger partial charge is 0.416 e. The maximum absolute atomic E-state index is 12.5. The standard InChI is InChI=1S/C10H8F3N3OS/c11-10(12,13)7-3-1-2-6(4-7)5-16-8(17)14-15-9(16)18/h1-4H,5H2,(H,14,17)(H,15,18). The van der Waals surface area contributed by atoms with E-state index in [-0.39, 0.29) is 11.3 Å². The van der Waals surface area contributed by atoms with Gasteiger partial charge in [0.05, 0.1) is 12.1 Å². The zero-order chi connectivity index (χ0) is 13.3. The smallest absolute Gasteiger partial charge is 0.272 e. The van der Waals surface area contributed by atoms with Gasteiger partial charge in [-0.2, -0.15) is 13.2 Å². The van der Waals surface area contributed by atoms with Crippen molar-refractivity contribution in [3.63, 3.8) is 0 Å². The third-order valence-electron chi connectivity index (χ3n) is 2.36. The molecule has 1 aromatic carbocycles. The molecule has 0 spiro atoms. The van der Waals surface area contributed by atoms with Crippen molar-refractivity contribution < 1.29 is 13.2 Å². The first-order valence-electron chi connectivity index (χ1n) is 4.91. The van der Waals surface area contributed by atoms with E-state index in [1.165, 1.54) is 12.1 Å². The van der Waals surface area contributed by atoms with Crippen LogP contribution in [0.25, 0.3) is 0 Å². The second-order valence-electron chi connectivity index (χ2n) is 3.64. The van der Waals surface area contributed by atoms with E-state index in [1.807, 2.05) is 0 Å². The van der Waals surface area contributed by atoms with Gasteiger partial charge >= 0.3 is 11.9 Å². The Morgan fingerprint density at radius 1 is 1.28 bits per heavy atom. The lowest BCUT2D eigenvalue weighted by Gasteiger charge is -2.08. The zero-order valence-corrected chi connectivity index (χ0v) is 9.73. The van der Waals surface area contributed by atoms with Gasteiger partial charge < -0.3 is 0 Å². The number of aromatic amines is 2. The molecule has 0 atom stereocenters. The number of benzene rings is 1. The van der Waals surface area contributed by atoms with Crippen molar-refractivity contribution >= 4 is 12.2 Å². The van der Waals surface area contributed by atoms with Crippen LogP contribution in [0.5, 0.6) is 0 Å². The van der Waals surface area contributed by atoms with Crippen LogP contribution >= 0.6 is 12.2 Å². The van der Waals surface area contributed by atoms with Gasteiger partial charge in [0.1, 0.15) is 0 Å². The van der Waals surface area contributed by atoms with Crippen LogP contribution in [0.2, 0.25) is 0 Å². The van der Waals surface area contributed by atoms with E-state index in [4.69, 9.17) is 12.2 Å². The molecule has 2 rings (SSSR count). The fourth-order valence-electron chi connectivity index (χ4n) is 1.51. The average molecular weight is 275 g/mol. The molecule has 0 saturated carbocycles. The molecule has 0 aliphatic rings. The first-order valence-corrected chi connectivity index (χ1v) is 5.32. The summed E-state index contributed by atoms with van der Waals surface area (Å²) in [4.78, 5) is 11.3. The monoisotopic (exact) mass is 275 g/mol. The number of hydrogen-bond donors (Lipinski definition) is 2. The van der Waals surface area contributed by atoms with E-state index in [9.17, 15) is 18.0 Å². The van der Waals surface area contributed by atoms with Crippen molar-refractivity contribution in [2.45, 2.75) is 12.7 Å². The normalized spacial score (nSPS) is 11.7. The lowest BCUT2D eigenvalue weighted by Crippen LogP contribution is -2.18. The van der Waals surface area contributed by atoms with Gasteiger partial charge in [0, 0.05) is 0 Å². The van der Waals surface area contributed by atoms with Crippen molar-refractivity contribution in [3.8, 4) is 0 Å². The van der Waals surface area contributed by atoms with E-state index in [1.54, 1.807) is 0 Å². The highest BCUT2D eigenvalue weighted by Crippen LogP contribution is 2.29. The average Bonchev–Trinajstić information content (AvgIpc) is 2.60. The minimum atomic E-state index is -4.40. The van der Waals surface area contributed by atoms with Crippen LogP contribution in [0.1, 0.15) is 11.1 Å². The Morgan fingerprint density at radius 2 is 2.00 bits per heavy atom. The highest BCUT2D eigenvalue weighted by molar-refractivity contribution is 7.71. The summed E-state index contributed by atoms with van der Waals surface area (Å²) >= 11 is 4.83. The molecule has 96 valence electrons. The molecule has 0 aliphatic carbocycles. The molecule has 1 aromatic heterocycles. The first kappa shape index (κ1) is 12.6. The summed E-state index contributed by atoms with van der Waals surface area (Å²) in [5.41, 5.74) is -0.887. The molecule has 0 saturated heterocycles. The summed E-state index contributed by atoms with van der Waals surface area (Å²) in [7, 11) is 0. The van der Waals surface area contributed by atoms with Crippen molar-refractivity contribution in [2.24, 2.45) is 0 Å². The molecule has 0 amide bonds. The summed E-state index contributed by atoms with van der Waals surface area (Å²) in [6.45, 7) is -0.0123. The Hall–Kier alpha value is -1.83. The van der Waals surface area contributed by atoms with Gasteiger partial charge in [0.15, 0.2) is 4.77 Å². The maximum atomic E-state index is 12.5. The fourth-order valence-corrected chi connectivity index (χ4v) is 1.70. The lowest BCUT2D eigenvalue weighted by atomic mass is 10.1. The Bertz CT molecular complexity index is 640. The number of nitrogens with one attached hydrogen (secondary N) is 2. The number of nitrogens with zero attached hydrogens (tertiary/aromatic N) is 1. The third-order valence-corrected chi connectivity index (χ3v) is 2.68. The van der Waals surface area contributed by atoms with Gasteiger partial charge in [-0.05, 0) is 29.9 Å². The molecule has 2 N–H and O–H groups in total. The molecule has 2 aromatic rings. The number of rotatable bonds is 2. The van der Waals surface area contributed by atoms with Gasteiger partial charge in [-0.15, -0.1) is 0 Å². The Balaban J connectivity index is 2.37. The quantitative estimate of drug-likeness (QED) is 0.826. The van der Waals surface area contributed by atoms with E-state index in [0.717, 1.165) is 16.7 Å². The van der Waals surface area contributed by atoms with Crippen LogP contribution < -0.4 is 5.69 Å². The van der Waals surface area contributed by atoms with Gasteiger partial charge in [0.25, 0.3) is 0 Å². The number of H-pyrrole nitrogens is 2. The van der Waals surface area contributed by atoms with Crippen LogP contribution in [0.4, 0.5) is 13.2 Å². The number of hydrogen-bond acceptors (Lipinski definition) is 2. The van der Waals surface area contributed by atoms with Crippen molar-refractivity contribution in [1.29, 1.82) is 0 Å². The Morgan fingerprint density at radius 3 is 2.56 bits per heavy atom. The third kappa shape index (κ3) is 2.53. The molecule has 4 nitrogen and oxygen atoms in total. The second kappa shape index (κ2) is 4.45. The van der Waals surface area contributed by atoms with Crippen LogP contribution in [0.3, 0.4) is 0 Å². The van der Waals surface area contributed by atoms with Crippen molar-refractivity contribution in [2.75, 3.05) is 0 Å². The van der Waals surface area contributed by atoms with Crippen LogP contribution in [-0.2, 0) is 12.7 Å². The fraction of sp³-hybridized carbons (Fsp3) is 0.200. The minimum Gasteiger partial charge on any atom is -0.272 e. The molecular formula is C10H8F3N3OS. The lowest BCUT2D eigenvalue weighted by molar-refractivity contribution is -0.137. The topological polar surface area (TPSA) is 53.6 Å². The molecule has 8 heteroatoms. The van der Waals surface area contributed by atoms with Crippen LogP contribution in [0.15, 0.2) is 29.1 Å². The predicted octanol–water partition coefficient (Wildman–Crippen LogP) is 2.30. The molecule has 0 bridgehead atoms. The maximum Gasteiger partial charge on any atom is 0.416 e. The molecule has 18 heavy (non-hydrogen) atoms. The van der Waals surface area contributed by atoms with E-state index in [2.05, 4.69) is 10.2 Å². The van der Waals surface area contributed by atoms with E-state index in [0.29, 0.717) is 5.56 Å². The SMILES string of the molecule is O=c1[nH][nH]c(=S)n1Cc1cccc(C(F)(F)F)c1. The second-order valence-corrected chi connectivity index (χ2v) is 4.03. The van der Waals surface area contributed by atoms with Gasteiger partial charge in [-0.25, -0.2) is 9.89 Å². The highest BCUT2D eigenvalue weighted by Gasteiger charge is 2.30. The van der Waals surface area contributed by atoms with Crippen LogP contribution in [0, 0.1) is 4.77 Å². The van der Waals surface area contributed by atoms with E-state index < -0.39 is 17.4 Å². The Kier molecular flexibility index (Phi) is 3.12. The molecule has 0 aliphatic heterocycles. The first-order chi connectivity index (χ1) is 8.38. The number of alkyl halides is 3. The highest BCUT2D eigenvalue weighted by atomic mass is 32.1. The zero-order valence-electron chi connectivity index (χ0n) is 8.91. The van der Waals surface area contributed by atoms with Crippen LogP contribution in [-0.4, -0.2) is 14.8 Å². The summed E-state index contributed by atoms with van der Waals surface area (Å²) < 4.78 is 38.8. The summed E-state index contributed by atoms with van der Waals surface area (Å²) in [5, 5.41) is 4.68. The predicted molar refractivity (Wildman–Crippen MR) is 60.8 cm³/mol. The van der Waals surface area contributed by atoms with Crippen molar-refractivity contribution in [3.05, 3.63) is 50.6 Å². The minimum absolute atomic E-state index is 0.0123. The van der Waals surface area contributed by atoms with Gasteiger partial charge in [-0.1, -0.05) is 12.1 Å². The Labute approximate surface area is 104 Å². The summed E-state index contributed by atoms with van der Waals surface area (Å²) in [6, 6.07) is 4.77. The molecular weight excluding hydrogens is 267 g/mol. The number of halogens is 3. The molecule has 0 unspecified atom stereocenters. The number of aromatic nitrogens is 3. The summed E-state index contributed by atoms with van der Waals surface area (Å²) in [6.07, 6.45) is -4.40. The molecule has 1 heterocycles. The molecule has 0 radical (unpaired) electrons. The van der Waals surface area contributed by atoms with Gasteiger partial charge in [-0.3, -0.25) is 9.67 Å². The van der Waals surface area contributed by atoms with Crippen molar-refractivity contribution in [1.82, 2.24) is 14.8 Å².